The minimum atomic E-state index is -0.314. The number of carbonyl (C=O) groups excluding carboxylic acids is 1. The second-order valence-corrected chi connectivity index (χ2v) is 3.05. The minimum absolute atomic E-state index is 0.314. The third kappa shape index (κ3) is 4.31. The fraction of sp³-hybridized carbons (Fsp3) is 0.417. The number of rotatable bonds is 2. The van der Waals surface area contributed by atoms with Crippen molar-refractivity contribution in [2.75, 3.05) is 12.4 Å². The van der Waals surface area contributed by atoms with Gasteiger partial charge in [0.2, 0.25) is 0 Å². The number of nitrogens with one attached hydrogen (secondary N) is 1. The summed E-state index contributed by atoms with van der Waals surface area (Å²) in [5.41, 5.74) is 1.92. The average molecular weight is 223 g/mol. The van der Waals surface area contributed by atoms with Crippen LogP contribution in [0.4, 0.5) is 10.5 Å². The van der Waals surface area contributed by atoms with Crippen molar-refractivity contribution in [1.82, 2.24) is 5.01 Å². The SMILES string of the molecule is CC.CCc1ccccc1NC(=O)N(C)N. The van der Waals surface area contributed by atoms with Crippen molar-refractivity contribution in [3.05, 3.63) is 29.8 Å². The number of para-hydroxylation sites is 1. The Balaban J connectivity index is 0.00000106. The van der Waals surface area contributed by atoms with Gasteiger partial charge in [0.25, 0.3) is 0 Å². The van der Waals surface area contributed by atoms with Crippen molar-refractivity contribution in [3.8, 4) is 0 Å². The molecule has 0 aliphatic heterocycles. The van der Waals surface area contributed by atoms with Crippen LogP contribution >= 0.6 is 0 Å². The largest absolute Gasteiger partial charge is 0.335 e. The summed E-state index contributed by atoms with van der Waals surface area (Å²) in [6, 6.07) is 7.35. The molecule has 1 aromatic rings. The van der Waals surface area contributed by atoms with Gasteiger partial charge in [-0.15, -0.1) is 0 Å². The minimum Gasteiger partial charge on any atom is -0.306 e. The lowest BCUT2D eigenvalue weighted by Gasteiger charge is -2.13. The number of nitrogens with two attached hydrogens (primary N) is 1. The van der Waals surface area contributed by atoms with Crippen LogP contribution in [0, 0.1) is 0 Å². The van der Waals surface area contributed by atoms with E-state index in [1.54, 1.807) is 0 Å². The standard InChI is InChI=1S/C10H15N3O.C2H6/c1-3-8-6-4-5-7-9(8)12-10(14)13(2)11;1-2/h4-7H,3,11H2,1-2H3,(H,12,14);1-2H3. The summed E-state index contributed by atoms with van der Waals surface area (Å²) >= 11 is 0. The molecule has 0 atom stereocenters. The molecule has 16 heavy (non-hydrogen) atoms. The first-order valence-electron chi connectivity index (χ1n) is 5.52. The van der Waals surface area contributed by atoms with Gasteiger partial charge in [-0.25, -0.2) is 10.6 Å². The van der Waals surface area contributed by atoms with Crippen LogP contribution in [-0.2, 0) is 6.42 Å². The van der Waals surface area contributed by atoms with Gasteiger partial charge < -0.3 is 5.32 Å². The lowest BCUT2D eigenvalue weighted by molar-refractivity contribution is 0.223. The van der Waals surface area contributed by atoms with E-state index in [9.17, 15) is 4.79 Å². The third-order valence-electron chi connectivity index (χ3n) is 1.96. The van der Waals surface area contributed by atoms with Crippen LogP contribution in [0.15, 0.2) is 24.3 Å². The molecular formula is C12H21N3O. The van der Waals surface area contributed by atoms with Crippen LogP contribution in [0.1, 0.15) is 26.3 Å². The van der Waals surface area contributed by atoms with E-state index >= 15 is 0 Å². The number of hydrogen-bond acceptors (Lipinski definition) is 2. The highest BCUT2D eigenvalue weighted by Gasteiger charge is 2.06. The molecule has 0 unspecified atom stereocenters. The summed E-state index contributed by atoms with van der Waals surface area (Å²) < 4.78 is 0. The fourth-order valence-corrected chi connectivity index (χ4v) is 1.15. The first-order valence-corrected chi connectivity index (χ1v) is 5.52. The molecule has 3 N–H and O–H groups in total. The van der Waals surface area contributed by atoms with Crippen molar-refractivity contribution in [2.24, 2.45) is 5.84 Å². The van der Waals surface area contributed by atoms with E-state index < -0.39 is 0 Å². The second kappa shape index (κ2) is 7.70. The molecule has 0 saturated carbocycles. The topological polar surface area (TPSA) is 58.4 Å². The van der Waals surface area contributed by atoms with Crippen molar-refractivity contribution in [2.45, 2.75) is 27.2 Å². The Kier molecular flexibility index (Phi) is 6.96. The quantitative estimate of drug-likeness (QED) is 0.460. The van der Waals surface area contributed by atoms with Crippen molar-refractivity contribution in [1.29, 1.82) is 0 Å². The van der Waals surface area contributed by atoms with Crippen LogP contribution in [0.5, 0.6) is 0 Å². The molecule has 0 aliphatic rings. The molecule has 90 valence electrons. The highest BCUT2D eigenvalue weighted by atomic mass is 16.2. The lowest BCUT2D eigenvalue weighted by Crippen LogP contribution is -2.37. The Hall–Kier alpha value is -1.55. The van der Waals surface area contributed by atoms with Gasteiger partial charge in [0.05, 0.1) is 0 Å². The number of benzene rings is 1. The number of anilines is 1. The summed E-state index contributed by atoms with van der Waals surface area (Å²) in [7, 11) is 1.50. The van der Waals surface area contributed by atoms with Gasteiger partial charge in [-0.1, -0.05) is 39.0 Å². The van der Waals surface area contributed by atoms with Crippen molar-refractivity contribution in [3.63, 3.8) is 0 Å². The van der Waals surface area contributed by atoms with Gasteiger partial charge in [0, 0.05) is 12.7 Å². The highest BCUT2D eigenvalue weighted by Crippen LogP contribution is 2.15. The number of amides is 2. The van der Waals surface area contributed by atoms with E-state index in [1.165, 1.54) is 7.05 Å². The van der Waals surface area contributed by atoms with Crippen LogP contribution in [0.3, 0.4) is 0 Å². The highest BCUT2D eigenvalue weighted by molar-refractivity contribution is 5.89. The van der Waals surface area contributed by atoms with Gasteiger partial charge >= 0.3 is 6.03 Å². The van der Waals surface area contributed by atoms with Crippen LogP contribution in [0.25, 0.3) is 0 Å². The molecule has 0 aromatic heterocycles. The third-order valence-corrected chi connectivity index (χ3v) is 1.96. The first kappa shape index (κ1) is 14.5. The Morgan fingerprint density at radius 2 is 1.94 bits per heavy atom. The normalized spacial score (nSPS) is 8.81. The van der Waals surface area contributed by atoms with E-state index in [1.807, 2.05) is 45.0 Å². The van der Waals surface area contributed by atoms with E-state index in [2.05, 4.69) is 5.32 Å². The second-order valence-electron chi connectivity index (χ2n) is 3.05. The number of hydrogen-bond donors (Lipinski definition) is 2. The van der Waals surface area contributed by atoms with E-state index in [0.717, 1.165) is 22.7 Å². The molecule has 4 nitrogen and oxygen atoms in total. The lowest BCUT2D eigenvalue weighted by atomic mass is 10.1. The molecule has 0 fully saturated rings. The zero-order valence-corrected chi connectivity index (χ0v) is 10.4. The number of hydrazine groups is 1. The van der Waals surface area contributed by atoms with Gasteiger partial charge in [-0.05, 0) is 18.1 Å². The average Bonchev–Trinajstić information content (AvgIpc) is 2.32. The predicted molar refractivity (Wildman–Crippen MR) is 68.1 cm³/mol. The molecule has 1 aromatic carbocycles. The monoisotopic (exact) mass is 223 g/mol. The molecule has 0 saturated heterocycles. The maximum atomic E-state index is 11.3. The van der Waals surface area contributed by atoms with Crippen LogP contribution < -0.4 is 11.2 Å². The number of carbonyl (C=O) groups is 1. The van der Waals surface area contributed by atoms with Crippen LogP contribution in [0.2, 0.25) is 0 Å². The van der Waals surface area contributed by atoms with Gasteiger partial charge in [-0.3, -0.25) is 5.01 Å². The number of urea groups is 1. The molecule has 4 heteroatoms. The smallest absolute Gasteiger partial charge is 0.306 e. The van der Waals surface area contributed by atoms with Gasteiger partial charge in [0.1, 0.15) is 0 Å². The maximum absolute atomic E-state index is 11.3. The van der Waals surface area contributed by atoms with Crippen LogP contribution in [-0.4, -0.2) is 18.1 Å². The molecule has 1 rings (SSSR count). The molecule has 0 radical (unpaired) electrons. The molecule has 2 amide bonds. The van der Waals surface area contributed by atoms with Gasteiger partial charge in [-0.2, -0.15) is 0 Å². The first-order chi connectivity index (χ1) is 7.65. The molecular weight excluding hydrogens is 202 g/mol. The van der Waals surface area contributed by atoms with E-state index in [4.69, 9.17) is 5.84 Å². The Morgan fingerprint density at radius 3 is 2.44 bits per heavy atom. The fourth-order valence-electron chi connectivity index (χ4n) is 1.15. The molecule has 0 spiro atoms. The zero-order valence-electron chi connectivity index (χ0n) is 10.4. The molecule has 0 aliphatic carbocycles. The Morgan fingerprint density at radius 1 is 1.38 bits per heavy atom. The zero-order chi connectivity index (χ0) is 12.6. The predicted octanol–water partition coefficient (Wildman–Crippen LogP) is 2.61. The van der Waals surface area contributed by atoms with Gasteiger partial charge in [0.15, 0.2) is 0 Å². The summed E-state index contributed by atoms with van der Waals surface area (Å²) in [6.07, 6.45) is 0.880. The van der Waals surface area contributed by atoms with E-state index in [-0.39, 0.29) is 6.03 Å². The molecule has 0 heterocycles. The van der Waals surface area contributed by atoms with Crippen molar-refractivity contribution < 1.29 is 4.79 Å². The maximum Gasteiger partial charge on any atom is 0.335 e. The number of nitrogens with zero attached hydrogens (tertiary/aromatic N) is 1. The summed E-state index contributed by atoms with van der Waals surface area (Å²) in [6.45, 7) is 6.04. The molecule has 0 bridgehead atoms. The summed E-state index contributed by atoms with van der Waals surface area (Å²) in [4.78, 5) is 11.3. The summed E-state index contributed by atoms with van der Waals surface area (Å²) in [5.74, 6) is 5.30. The van der Waals surface area contributed by atoms with Crippen molar-refractivity contribution >= 4 is 11.7 Å². The Labute approximate surface area is 97.4 Å². The summed E-state index contributed by atoms with van der Waals surface area (Å²) in [5, 5.41) is 3.74. The Bertz CT molecular complexity index is 324. The van der Waals surface area contributed by atoms with E-state index in [0.29, 0.717) is 0 Å². The number of aryl methyl sites for hydroxylation is 1.